The van der Waals surface area contributed by atoms with Gasteiger partial charge in [-0.05, 0) is 0 Å². The molecule has 5 nitrogen and oxygen atoms in total. The van der Waals surface area contributed by atoms with Crippen LogP contribution in [0.1, 0.15) is 11.3 Å². The molecule has 0 aliphatic carbocycles. The average molecular weight is 240 g/mol. The number of H-pyrrole nitrogens is 1. The first-order valence-electron chi connectivity index (χ1n) is 4.33. The molecule has 0 fully saturated rings. The van der Waals surface area contributed by atoms with E-state index in [4.69, 9.17) is 11.6 Å². The molecular formula is C8H6ClN5S. The van der Waals surface area contributed by atoms with Crippen molar-refractivity contribution in [1.29, 1.82) is 0 Å². The quantitative estimate of drug-likeness (QED) is 0.767. The molecule has 0 radical (unpaired) electrons. The second-order valence-electron chi connectivity index (χ2n) is 3.09. The highest BCUT2D eigenvalue weighted by Gasteiger charge is 2.19. The van der Waals surface area contributed by atoms with Gasteiger partial charge in [0, 0.05) is 17.1 Å². The number of nitrogens with one attached hydrogen (secondary N) is 1. The summed E-state index contributed by atoms with van der Waals surface area (Å²) in [7, 11) is 0. The number of hydrogen-bond donors (Lipinski definition) is 1. The van der Waals surface area contributed by atoms with E-state index in [1.807, 2.05) is 0 Å². The second-order valence-corrected chi connectivity index (χ2v) is 4.43. The molecule has 76 valence electrons. The van der Waals surface area contributed by atoms with E-state index < -0.39 is 0 Å². The van der Waals surface area contributed by atoms with Crippen molar-refractivity contribution in [2.45, 2.75) is 11.5 Å². The van der Waals surface area contributed by atoms with Gasteiger partial charge in [0.2, 0.25) is 0 Å². The van der Waals surface area contributed by atoms with Gasteiger partial charge < -0.3 is 0 Å². The van der Waals surface area contributed by atoms with Crippen LogP contribution < -0.4 is 0 Å². The molecule has 7 heteroatoms. The summed E-state index contributed by atoms with van der Waals surface area (Å²) >= 11 is 7.85. The van der Waals surface area contributed by atoms with Crippen LogP contribution in [0, 0.1) is 0 Å². The molecule has 3 rings (SSSR count). The highest BCUT2D eigenvalue weighted by Crippen LogP contribution is 2.33. The standard InChI is InChI=1S/C8H6ClN5S/c9-6-4-1-15-2-5(4)12-8(13-6)7-10-3-11-14-7/h3H,1-2H2,(H,10,11,14). The lowest BCUT2D eigenvalue weighted by molar-refractivity contribution is 1.02. The Morgan fingerprint density at radius 3 is 3.07 bits per heavy atom. The molecule has 0 unspecified atom stereocenters. The summed E-state index contributed by atoms with van der Waals surface area (Å²) < 4.78 is 0. The minimum Gasteiger partial charge on any atom is -0.257 e. The van der Waals surface area contributed by atoms with Gasteiger partial charge in [-0.2, -0.15) is 16.9 Å². The van der Waals surface area contributed by atoms with E-state index in [9.17, 15) is 0 Å². The zero-order chi connectivity index (χ0) is 10.3. The molecule has 0 spiro atoms. The summed E-state index contributed by atoms with van der Waals surface area (Å²) in [5.74, 6) is 2.85. The molecule has 2 aromatic heterocycles. The number of rotatable bonds is 1. The largest absolute Gasteiger partial charge is 0.257 e. The topological polar surface area (TPSA) is 67.3 Å². The van der Waals surface area contributed by atoms with E-state index in [2.05, 4.69) is 25.1 Å². The van der Waals surface area contributed by atoms with E-state index in [0.717, 1.165) is 22.8 Å². The van der Waals surface area contributed by atoms with E-state index in [0.29, 0.717) is 16.8 Å². The molecule has 0 atom stereocenters. The Kier molecular flexibility index (Phi) is 2.10. The Hall–Kier alpha value is -1.14. The fourth-order valence-electron chi connectivity index (χ4n) is 1.43. The summed E-state index contributed by atoms with van der Waals surface area (Å²) in [6.07, 6.45) is 1.43. The van der Waals surface area contributed by atoms with Gasteiger partial charge in [-0.15, -0.1) is 0 Å². The number of aromatic nitrogens is 5. The fraction of sp³-hybridized carbons (Fsp3) is 0.250. The Morgan fingerprint density at radius 1 is 1.33 bits per heavy atom. The first-order valence-corrected chi connectivity index (χ1v) is 5.86. The summed E-state index contributed by atoms with van der Waals surface area (Å²) in [6.45, 7) is 0. The summed E-state index contributed by atoms with van der Waals surface area (Å²) in [4.78, 5) is 12.6. The van der Waals surface area contributed by atoms with Crippen molar-refractivity contribution in [3.63, 3.8) is 0 Å². The number of fused-ring (bicyclic) bond motifs is 1. The van der Waals surface area contributed by atoms with Gasteiger partial charge in [-0.3, -0.25) is 5.10 Å². The van der Waals surface area contributed by atoms with Gasteiger partial charge in [0.25, 0.3) is 0 Å². The maximum absolute atomic E-state index is 6.07. The van der Waals surface area contributed by atoms with Crippen molar-refractivity contribution in [3.05, 3.63) is 22.7 Å². The maximum atomic E-state index is 6.07. The lowest BCUT2D eigenvalue weighted by Gasteiger charge is -2.01. The average Bonchev–Trinajstić information content (AvgIpc) is 2.88. The van der Waals surface area contributed by atoms with Crippen LogP contribution >= 0.6 is 23.4 Å². The van der Waals surface area contributed by atoms with Crippen LogP contribution in [0.25, 0.3) is 11.6 Å². The minimum absolute atomic E-state index is 0.513. The number of thioether (sulfide) groups is 1. The molecule has 15 heavy (non-hydrogen) atoms. The zero-order valence-electron chi connectivity index (χ0n) is 7.57. The van der Waals surface area contributed by atoms with E-state index in [1.165, 1.54) is 6.33 Å². The summed E-state index contributed by atoms with van der Waals surface area (Å²) in [5, 5.41) is 7.00. The third-order valence-corrected chi connectivity index (χ3v) is 3.44. The first-order chi connectivity index (χ1) is 7.34. The molecule has 0 saturated heterocycles. The molecule has 1 N–H and O–H groups in total. The van der Waals surface area contributed by atoms with Crippen LogP contribution in [0.3, 0.4) is 0 Å². The van der Waals surface area contributed by atoms with Crippen LogP contribution in [0.2, 0.25) is 5.15 Å². The van der Waals surface area contributed by atoms with Gasteiger partial charge >= 0.3 is 0 Å². The fourth-order valence-corrected chi connectivity index (χ4v) is 2.81. The first kappa shape index (κ1) is 9.11. The number of nitrogens with zero attached hydrogens (tertiary/aromatic N) is 4. The van der Waals surface area contributed by atoms with Gasteiger partial charge in [0.05, 0.1) is 5.69 Å². The van der Waals surface area contributed by atoms with Crippen molar-refractivity contribution >= 4 is 23.4 Å². The van der Waals surface area contributed by atoms with Crippen molar-refractivity contribution in [3.8, 4) is 11.6 Å². The predicted octanol–water partition coefficient (Wildman–Crippen LogP) is 1.66. The Morgan fingerprint density at radius 2 is 2.27 bits per heavy atom. The van der Waals surface area contributed by atoms with Gasteiger partial charge in [-0.25, -0.2) is 15.0 Å². The molecule has 0 aromatic carbocycles. The molecule has 0 amide bonds. The Labute approximate surface area is 94.7 Å². The molecule has 1 aliphatic rings. The number of halogens is 1. The highest BCUT2D eigenvalue weighted by molar-refractivity contribution is 7.98. The van der Waals surface area contributed by atoms with Crippen molar-refractivity contribution in [2.75, 3.05) is 0 Å². The third-order valence-electron chi connectivity index (χ3n) is 2.15. The maximum Gasteiger partial charge on any atom is 0.198 e. The van der Waals surface area contributed by atoms with E-state index >= 15 is 0 Å². The number of aromatic amines is 1. The van der Waals surface area contributed by atoms with Crippen LogP contribution in [0.4, 0.5) is 0 Å². The van der Waals surface area contributed by atoms with Crippen molar-refractivity contribution in [1.82, 2.24) is 25.1 Å². The van der Waals surface area contributed by atoms with Crippen molar-refractivity contribution < 1.29 is 0 Å². The Bertz CT molecular complexity index is 498. The SMILES string of the molecule is Clc1nc(-c2ncn[nH]2)nc2c1CSC2. The molecular weight excluding hydrogens is 234 g/mol. The van der Waals surface area contributed by atoms with Crippen LogP contribution in [-0.2, 0) is 11.5 Å². The lowest BCUT2D eigenvalue weighted by Crippen LogP contribution is -1.98. The van der Waals surface area contributed by atoms with Crippen molar-refractivity contribution in [2.24, 2.45) is 0 Å². The minimum atomic E-state index is 0.513. The molecule has 3 heterocycles. The smallest absolute Gasteiger partial charge is 0.198 e. The zero-order valence-corrected chi connectivity index (χ0v) is 9.14. The molecule has 1 aliphatic heterocycles. The van der Waals surface area contributed by atoms with Crippen LogP contribution in [0.5, 0.6) is 0 Å². The van der Waals surface area contributed by atoms with Crippen LogP contribution in [0.15, 0.2) is 6.33 Å². The predicted molar refractivity (Wildman–Crippen MR) is 57.4 cm³/mol. The van der Waals surface area contributed by atoms with E-state index in [1.54, 1.807) is 11.8 Å². The molecule has 2 aromatic rings. The lowest BCUT2D eigenvalue weighted by atomic mass is 10.3. The number of hydrogen-bond acceptors (Lipinski definition) is 5. The second kappa shape index (κ2) is 3.46. The van der Waals surface area contributed by atoms with Gasteiger partial charge in [0.1, 0.15) is 11.5 Å². The highest BCUT2D eigenvalue weighted by atomic mass is 35.5. The van der Waals surface area contributed by atoms with Gasteiger partial charge in [0.15, 0.2) is 11.6 Å². The van der Waals surface area contributed by atoms with Gasteiger partial charge in [-0.1, -0.05) is 11.6 Å². The van der Waals surface area contributed by atoms with Crippen LogP contribution in [-0.4, -0.2) is 25.1 Å². The molecule has 0 bridgehead atoms. The summed E-state index contributed by atoms with van der Waals surface area (Å²) in [5.41, 5.74) is 2.05. The Balaban J connectivity index is 2.15. The summed E-state index contributed by atoms with van der Waals surface area (Å²) in [6, 6.07) is 0. The molecule has 0 saturated carbocycles. The monoisotopic (exact) mass is 239 g/mol. The normalized spacial score (nSPS) is 14.2. The van der Waals surface area contributed by atoms with E-state index in [-0.39, 0.29) is 0 Å². The third kappa shape index (κ3) is 1.49.